The van der Waals surface area contributed by atoms with Gasteiger partial charge in [0.1, 0.15) is 5.82 Å². The molecule has 3 nitrogen and oxygen atoms in total. The third-order valence-corrected chi connectivity index (χ3v) is 2.17. The zero-order chi connectivity index (χ0) is 12.0. The number of rotatable bonds is 5. The van der Waals surface area contributed by atoms with E-state index in [4.69, 9.17) is 0 Å². The van der Waals surface area contributed by atoms with Gasteiger partial charge in [-0.3, -0.25) is 4.79 Å². The Morgan fingerprint density at radius 3 is 2.81 bits per heavy atom. The summed E-state index contributed by atoms with van der Waals surface area (Å²) in [6.07, 6.45) is 0.348. The van der Waals surface area contributed by atoms with Crippen LogP contribution in [0.2, 0.25) is 0 Å². The van der Waals surface area contributed by atoms with Crippen molar-refractivity contribution in [2.75, 3.05) is 18.4 Å². The Balaban J connectivity index is 2.40. The molecule has 88 valence electrons. The van der Waals surface area contributed by atoms with E-state index >= 15 is 0 Å². The number of carbonyl (C=O) groups is 1. The number of nitrogens with one attached hydrogen (secondary N) is 2. The lowest BCUT2D eigenvalue weighted by molar-refractivity contribution is -0.120. The van der Waals surface area contributed by atoms with Crippen LogP contribution >= 0.6 is 0 Å². The molecule has 0 radical (unpaired) electrons. The van der Waals surface area contributed by atoms with Crippen LogP contribution in [-0.2, 0) is 4.79 Å². The summed E-state index contributed by atoms with van der Waals surface area (Å²) in [5.41, 5.74) is 1.32. The molecule has 0 bridgehead atoms. The number of hydrogen-bond acceptors (Lipinski definition) is 2. The van der Waals surface area contributed by atoms with Crippen LogP contribution in [0.4, 0.5) is 10.1 Å². The van der Waals surface area contributed by atoms with Gasteiger partial charge in [0.25, 0.3) is 0 Å². The normalized spacial score (nSPS) is 9.94. The molecule has 0 atom stereocenters. The van der Waals surface area contributed by atoms with Gasteiger partial charge < -0.3 is 10.6 Å². The highest BCUT2D eigenvalue weighted by atomic mass is 19.1. The second-order valence-corrected chi connectivity index (χ2v) is 3.61. The Kier molecular flexibility index (Phi) is 4.76. The summed E-state index contributed by atoms with van der Waals surface area (Å²) in [5.74, 6) is -0.307. The van der Waals surface area contributed by atoms with Gasteiger partial charge in [-0.1, -0.05) is 6.07 Å². The minimum atomic E-state index is -0.282. The van der Waals surface area contributed by atoms with Gasteiger partial charge >= 0.3 is 0 Å². The van der Waals surface area contributed by atoms with Crippen molar-refractivity contribution in [2.24, 2.45) is 0 Å². The van der Waals surface area contributed by atoms with Crippen molar-refractivity contribution in [3.8, 4) is 0 Å². The van der Waals surface area contributed by atoms with Crippen LogP contribution in [0.5, 0.6) is 0 Å². The Morgan fingerprint density at radius 2 is 2.19 bits per heavy atom. The first-order chi connectivity index (χ1) is 7.63. The summed E-state index contributed by atoms with van der Waals surface area (Å²) < 4.78 is 13.4. The molecule has 16 heavy (non-hydrogen) atoms. The molecule has 0 aliphatic heterocycles. The summed E-state index contributed by atoms with van der Waals surface area (Å²) in [6, 6.07) is 4.98. The van der Waals surface area contributed by atoms with Gasteiger partial charge in [-0.25, -0.2) is 4.39 Å². The molecule has 1 aromatic carbocycles. The number of carbonyl (C=O) groups excluding carboxylic acids is 1. The monoisotopic (exact) mass is 224 g/mol. The third kappa shape index (κ3) is 3.88. The second kappa shape index (κ2) is 6.10. The molecule has 2 N–H and O–H groups in total. The van der Waals surface area contributed by atoms with Crippen molar-refractivity contribution >= 4 is 11.6 Å². The quantitative estimate of drug-likeness (QED) is 0.804. The van der Waals surface area contributed by atoms with E-state index in [1.807, 2.05) is 19.9 Å². The number of benzene rings is 1. The van der Waals surface area contributed by atoms with Gasteiger partial charge in [0.15, 0.2) is 0 Å². The maximum Gasteiger partial charge on any atom is 0.221 e. The largest absolute Gasteiger partial charge is 0.382 e. The van der Waals surface area contributed by atoms with Crippen LogP contribution in [0.25, 0.3) is 0 Å². The molecule has 0 unspecified atom stereocenters. The molecule has 0 aliphatic carbocycles. The van der Waals surface area contributed by atoms with Crippen molar-refractivity contribution < 1.29 is 9.18 Å². The lowest BCUT2D eigenvalue weighted by atomic mass is 10.2. The van der Waals surface area contributed by atoms with E-state index in [1.165, 1.54) is 6.07 Å². The van der Waals surface area contributed by atoms with Gasteiger partial charge in [-0.15, -0.1) is 0 Å². The summed E-state index contributed by atoms with van der Waals surface area (Å²) in [7, 11) is 0. The van der Waals surface area contributed by atoms with E-state index in [-0.39, 0.29) is 11.7 Å². The van der Waals surface area contributed by atoms with E-state index in [1.54, 1.807) is 6.07 Å². The van der Waals surface area contributed by atoms with Gasteiger partial charge in [-0.05, 0) is 31.5 Å². The highest BCUT2D eigenvalue weighted by Gasteiger charge is 2.03. The number of anilines is 1. The van der Waals surface area contributed by atoms with Crippen molar-refractivity contribution in [1.82, 2.24) is 5.32 Å². The van der Waals surface area contributed by atoms with Gasteiger partial charge in [0.2, 0.25) is 5.91 Å². The van der Waals surface area contributed by atoms with Crippen LogP contribution in [0.1, 0.15) is 18.9 Å². The smallest absolute Gasteiger partial charge is 0.221 e. The molecule has 0 saturated heterocycles. The van der Waals surface area contributed by atoms with Gasteiger partial charge in [0, 0.05) is 19.5 Å². The number of halogens is 1. The Labute approximate surface area is 95.0 Å². The molecular weight excluding hydrogens is 207 g/mol. The molecule has 1 amide bonds. The fraction of sp³-hybridized carbons (Fsp3) is 0.417. The fourth-order valence-electron chi connectivity index (χ4n) is 1.36. The molecule has 0 aliphatic rings. The Hall–Kier alpha value is -1.58. The number of amides is 1. The predicted molar refractivity (Wildman–Crippen MR) is 62.9 cm³/mol. The molecule has 0 saturated carbocycles. The maximum atomic E-state index is 13.4. The average Bonchev–Trinajstić information content (AvgIpc) is 2.22. The molecular formula is C12H17FN2O. The third-order valence-electron chi connectivity index (χ3n) is 2.17. The molecule has 0 spiro atoms. The highest BCUT2D eigenvalue weighted by Crippen LogP contribution is 2.14. The zero-order valence-corrected chi connectivity index (χ0v) is 9.64. The molecule has 4 heteroatoms. The van der Waals surface area contributed by atoms with Crippen LogP contribution in [-0.4, -0.2) is 19.0 Å². The number of aryl methyl sites for hydroxylation is 1. The second-order valence-electron chi connectivity index (χ2n) is 3.61. The first kappa shape index (κ1) is 12.5. The SMILES string of the molecule is CCNC(=O)CCNc1ccc(C)cc1F. The molecule has 0 fully saturated rings. The minimum absolute atomic E-state index is 0.0254. The summed E-state index contributed by atoms with van der Waals surface area (Å²) in [5, 5.41) is 5.58. The van der Waals surface area contributed by atoms with Crippen LogP contribution in [0.15, 0.2) is 18.2 Å². The van der Waals surface area contributed by atoms with E-state index in [2.05, 4.69) is 10.6 Å². The minimum Gasteiger partial charge on any atom is -0.382 e. The highest BCUT2D eigenvalue weighted by molar-refractivity contribution is 5.76. The summed E-state index contributed by atoms with van der Waals surface area (Å²) >= 11 is 0. The summed E-state index contributed by atoms with van der Waals surface area (Å²) in [6.45, 7) is 4.76. The number of hydrogen-bond donors (Lipinski definition) is 2. The van der Waals surface area contributed by atoms with E-state index < -0.39 is 0 Å². The molecule has 1 aromatic rings. The lowest BCUT2D eigenvalue weighted by Crippen LogP contribution is -2.24. The standard InChI is InChI=1S/C12H17FN2O/c1-3-14-12(16)6-7-15-11-5-4-9(2)8-10(11)13/h4-5,8,15H,3,6-7H2,1-2H3,(H,14,16). The van der Waals surface area contributed by atoms with Crippen LogP contribution in [0.3, 0.4) is 0 Å². The average molecular weight is 224 g/mol. The van der Waals surface area contributed by atoms with E-state index in [0.29, 0.717) is 25.2 Å². The van der Waals surface area contributed by atoms with Crippen molar-refractivity contribution in [1.29, 1.82) is 0 Å². The van der Waals surface area contributed by atoms with E-state index in [0.717, 1.165) is 5.56 Å². The zero-order valence-electron chi connectivity index (χ0n) is 9.64. The van der Waals surface area contributed by atoms with Crippen molar-refractivity contribution in [2.45, 2.75) is 20.3 Å². The Bertz CT molecular complexity index is 366. The molecule has 1 rings (SSSR count). The van der Waals surface area contributed by atoms with Gasteiger partial charge in [-0.2, -0.15) is 0 Å². The van der Waals surface area contributed by atoms with E-state index in [9.17, 15) is 9.18 Å². The maximum absolute atomic E-state index is 13.4. The lowest BCUT2D eigenvalue weighted by Gasteiger charge is -2.07. The molecule has 0 heterocycles. The fourth-order valence-corrected chi connectivity index (χ4v) is 1.36. The van der Waals surface area contributed by atoms with Crippen molar-refractivity contribution in [3.63, 3.8) is 0 Å². The topological polar surface area (TPSA) is 41.1 Å². The molecule has 0 aromatic heterocycles. The summed E-state index contributed by atoms with van der Waals surface area (Å²) in [4.78, 5) is 11.1. The Morgan fingerprint density at radius 1 is 1.44 bits per heavy atom. The van der Waals surface area contributed by atoms with Crippen molar-refractivity contribution in [3.05, 3.63) is 29.6 Å². The predicted octanol–water partition coefficient (Wildman–Crippen LogP) is 2.07. The van der Waals surface area contributed by atoms with Gasteiger partial charge in [0.05, 0.1) is 5.69 Å². The van der Waals surface area contributed by atoms with Crippen LogP contribution in [0, 0.1) is 12.7 Å². The first-order valence-corrected chi connectivity index (χ1v) is 5.40. The first-order valence-electron chi connectivity index (χ1n) is 5.40. The van der Waals surface area contributed by atoms with Crippen LogP contribution < -0.4 is 10.6 Å².